The molecule has 0 radical (unpaired) electrons. The molecule has 1 saturated heterocycles. The standard InChI is InChI=1S/C9H9N3O2/c13-9-11-4-6-5-14-7-2-1-3-10-8(7)12(6)9/h1-3,6H,4-5H2,(H,11,13). The summed E-state index contributed by atoms with van der Waals surface area (Å²) in [7, 11) is 0. The van der Waals surface area contributed by atoms with Crippen LogP contribution in [-0.4, -0.2) is 30.2 Å². The zero-order valence-electron chi connectivity index (χ0n) is 7.43. The molecule has 1 fully saturated rings. The maximum Gasteiger partial charge on any atom is 0.323 e. The van der Waals surface area contributed by atoms with Crippen LogP contribution in [0.1, 0.15) is 0 Å². The molecule has 14 heavy (non-hydrogen) atoms. The van der Waals surface area contributed by atoms with Gasteiger partial charge in [-0.05, 0) is 12.1 Å². The summed E-state index contributed by atoms with van der Waals surface area (Å²) in [6, 6.07) is 3.63. The second-order valence-electron chi connectivity index (χ2n) is 3.35. The highest BCUT2D eigenvalue weighted by atomic mass is 16.5. The first-order valence-corrected chi connectivity index (χ1v) is 4.51. The van der Waals surface area contributed by atoms with Crippen molar-refractivity contribution in [1.29, 1.82) is 0 Å². The third-order valence-corrected chi connectivity index (χ3v) is 2.48. The highest BCUT2D eigenvalue weighted by molar-refractivity contribution is 5.95. The Morgan fingerprint density at radius 2 is 2.57 bits per heavy atom. The van der Waals surface area contributed by atoms with Crippen molar-refractivity contribution in [2.75, 3.05) is 18.1 Å². The Labute approximate surface area is 80.7 Å². The van der Waals surface area contributed by atoms with Crippen molar-refractivity contribution in [2.24, 2.45) is 0 Å². The van der Waals surface area contributed by atoms with Gasteiger partial charge in [0.1, 0.15) is 6.61 Å². The number of aromatic nitrogens is 1. The van der Waals surface area contributed by atoms with Gasteiger partial charge in [0.2, 0.25) is 0 Å². The summed E-state index contributed by atoms with van der Waals surface area (Å²) < 4.78 is 5.49. The van der Waals surface area contributed by atoms with Crippen LogP contribution in [-0.2, 0) is 0 Å². The largest absolute Gasteiger partial charge is 0.487 e. The molecule has 1 aromatic rings. The minimum absolute atomic E-state index is 0.0850. The third-order valence-electron chi connectivity index (χ3n) is 2.48. The number of hydrogen-bond acceptors (Lipinski definition) is 3. The molecule has 2 aliphatic heterocycles. The van der Waals surface area contributed by atoms with E-state index in [1.54, 1.807) is 17.2 Å². The molecule has 0 saturated carbocycles. The smallest absolute Gasteiger partial charge is 0.323 e. The van der Waals surface area contributed by atoms with Gasteiger partial charge in [0.15, 0.2) is 11.6 Å². The molecule has 0 aliphatic carbocycles. The van der Waals surface area contributed by atoms with Gasteiger partial charge >= 0.3 is 6.03 Å². The van der Waals surface area contributed by atoms with Crippen molar-refractivity contribution in [3.05, 3.63) is 18.3 Å². The third kappa shape index (κ3) is 0.891. The minimum atomic E-state index is -0.0850. The lowest BCUT2D eigenvalue weighted by Crippen LogP contribution is -2.42. The van der Waals surface area contributed by atoms with Crippen LogP contribution in [0.5, 0.6) is 5.75 Å². The Bertz CT molecular complexity index is 393. The fourth-order valence-electron chi connectivity index (χ4n) is 1.81. The first kappa shape index (κ1) is 7.61. The van der Waals surface area contributed by atoms with Gasteiger partial charge in [0, 0.05) is 12.7 Å². The van der Waals surface area contributed by atoms with Crippen LogP contribution in [0.15, 0.2) is 18.3 Å². The molecule has 0 aromatic carbocycles. The predicted molar refractivity (Wildman–Crippen MR) is 49.4 cm³/mol. The number of rotatable bonds is 0. The van der Waals surface area contributed by atoms with Crippen molar-refractivity contribution in [3.8, 4) is 5.75 Å². The number of carbonyl (C=O) groups excluding carboxylic acids is 1. The van der Waals surface area contributed by atoms with E-state index in [-0.39, 0.29) is 12.1 Å². The highest BCUT2D eigenvalue weighted by Crippen LogP contribution is 2.32. The number of fused-ring (bicyclic) bond motifs is 3. The number of nitrogens with one attached hydrogen (secondary N) is 1. The van der Waals surface area contributed by atoms with Crippen LogP contribution in [0.25, 0.3) is 0 Å². The fourth-order valence-corrected chi connectivity index (χ4v) is 1.81. The second kappa shape index (κ2) is 2.60. The zero-order chi connectivity index (χ0) is 9.54. The second-order valence-corrected chi connectivity index (χ2v) is 3.35. The Hall–Kier alpha value is -1.78. The summed E-state index contributed by atoms with van der Waals surface area (Å²) >= 11 is 0. The molecule has 1 atom stereocenters. The fraction of sp³-hybridized carbons (Fsp3) is 0.333. The molecule has 3 rings (SSSR count). The topological polar surface area (TPSA) is 54.5 Å². The van der Waals surface area contributed by atoms with Gasteiger partial charge in [0.05, 0.1) is 6.04 Å². The van der Waals surface area contributed by atoms with Crippen molar-refractivity contribution in [2.45, 2.75) is 6.04 Å². The number of anilines is 1. The van der Waals surface area contributed by atoms with Gasteiger partial charge < -0.3 is 10.1 Å². The Balaban J connectivity index is 2.11. The van der Waals surface area contributed by atoms with E-state index in [9.17, 15) is 4.79 Å². The van der Waals surface area contributed by atoms with Crippen LogP contribution >= 0.6 is 0 Å². The van der Waals surface area contributed by atoms with Gasteiger partial charge in [0.25, 0.3) is 0 Å². The normalized spacial score (nSPS) is 23.6. The Kier molecular flexibility index (Phi) is 1.41. The summed E-state index contributed by atoms with van der Waals surface area (Å²) in [6.07, 6.45) is 1.66. The Morgan fingerprint density at radius 3 is 3.50 bits per heavy atom. The summed E-state index contributed by atoms with van der Waals surface area (Å²) in [5.74, 6) is 1.31. The molecular weight excluding hydrogens is 182 g/mol. The van der Waals surface area contributed by atoms with E-state index in [2.05, 4.69) is 10.3 Å². The first-order valence-electron chi connectivity index (χ1n) is 4.51. The molecular formula is C9H9N3O2. The van der Waals surface area contributed by atoms with E-state index >= 15 is 0 Å². The van der Waals surface area contributed by atoms with Crippen molar-refractivity contribution < 1.29 is 9.53 Å². The van der Waals surface area contributed by atoms with Crippen LogP contribution in [0.2, 0.25) is 0 Å². The summed E-state index contributed by atoms with van der Waals surface area (Å²) in [5.41, 5.74) is 0. The molecule has 2 amide bonds. The average Bonchev–Trinajstić information content (AvgIpc) is 2.61. The summed E-state index contributed by atoms with van der Waals surface area (Å²) in [4.78, 5) is 17.3. The van der Waals surface area contributed by atoms with Gasteiger partial charge in [-0.15, -0.1) is 0 Å². The number of nitrogens with zero attached hydrogens (tertiary/aromatic N) is 2. The molecule has 5 heteroatoms. The van der Waals surface area contributed by atoms with Gasteiger partial charge in [-0.25, -0.2) is 9.78 Å². The van der Waals surface area contributed by atoms with Crippen LogP contribution in [0.4, 0.5) is 10.6 Å². The lowest BCUT2D eigenvalue weighted by atomic mass is 10.2. The van der Waals surface area contributed by atoms with Gasteiger partial charge in [-0.3, -0.25) is 4.90 Å². The molecule has 0 spiro atoms. The average molecular weight is 191 g/mol. The predicted octanol–water partition coefficient (Wildman–Crippen LogP) is 0.372. The molecule has 1 unspecified atom stereocenters. The quantitative estimate of drug-likeness (QED) is 0.644. The number of hydrogen-bond donors (Lipinski definition) is 1. The van der Waals surface area contributed by atoms with E-state index in [1.807, 2.05) is 6.07 Å². The molecule has 0 bridgehead atoms. The van der Waals surface area contributed by atoms with E-state index in [4.69, 9.17) is 4.74 Å². The number of urea groups is 1. The zero-order valence-corrected chi connectivity index (χ0v) is 7.43. The lowest BCUT2D eigenvalue weighted by Gasteiger charge is -2.28. The molecule has 2 aliphatic rings. The number of ether oxygens (including phenoxy) is 1. The summed E-state index contributed by atoms with van der Waals surface area (Å²) in [6.45, 7) is 1.17. The van der Waals surface area contributed by atoms with Crippen molar-refractivity contribution >= 4 is 11.8 Å². The van der Waals surface area contributed by atoms with Crippen LogP contribution < -0.4 is 15.0 Å². The molecule has 72 valence electrons. The van der Waals surface area contributed by atoms with Gasteiger partial charge in [-0.1, -0.05) is 0 Å². The van der Waals surface area contributed by atoms with E-state index in [1.165, 1.54) is 0 Å². The SMILES string of the molecule is O=C1NCC2COc3cccnc3N12. The highest BCUT2D eigenvalue weighted by Gasteiger charge is 2.38. The number of amides is 2. The maximum atomic E-state index is 11.5. The van der Waals surface area contributed by atoms with Crippen LogP contribution in [0, 0.1) is 0 Å². The first-order chi connectivity index (χ1) is 6.86. The summed E-state index contributed by atoms with van der Waals surface area (Å²) in [5, 5.41) is 2.77. The maximum absolute atomic E-state index is 11.5. The number of carbonyl (C=O) groups is 1. The van der Waals surface area contributed by atoms with E-state index in [0.717, 1.165) is 0 Å². The van der Waals surface area contributed by atoms with E-state index < -0.39 is 0 Å². The lowest BCUT2D eigenvalue weighted by molar-refractivity contribution is 0.245. The minimum Gasteiger partial charge on any atom is -0.487 e. The van der Waals surface area contributed by atoms with Crippen molar-refractivity contribution in [3.63, 3.8) is 0 Å². The van der Waals surface area contributed by atoms with Crippen molar-refractivity contribution in [1.82, 2.24) is 10.3 Å². The molecule has 5 nitrogen and oxygen atoms in total. The van der Waals surface area contributed by atoms with Gasteiger partial charge in [-0.2, -0.15) is 0 Å². The van der Waals surface area contributed by atoms with E-state index in [0.29, 0.717) is 24.7 Å². The molecule has 1 N–H and O–H groups in total. The van der Waals surface area contributed by atoms with Crippen LogP contribution in [0.3, 0.4) is 0 Å². The monoisotopic (exact) mass is 191 g/mol. The Morgan fingerprint density at radius 1 is 1.64 bits per heavy atom. The number of pyridine rings is 1. The molecule has 3 heterocycles. The molecule has 1 aromatic heterocycles.